The van der Waals surface area contributed by atoms with Crippen LogP contribution in [0.5, 0.6) is 5.75 Å². The molecule has 3 N–H and O–H groups in total. The lowest BCUT2D eigenvalue weighted by Crippen LogP contribution is -2.25. The van der Waals surface area contributed by atoms with E-state index in [1.165, 1.54) is 12.1 Å². The molecule has 3 rings (SSSR count). The molecule has 0 aliphatic heterocycles. The van der Waals surface area contributed by atoms with Gasteiger partial charge in [-0.1, -0.05) is 26.0 Å². The molecule has 0 saturated carbocycles. The van der Waals surface area contributed by atoms with Crippen LogP contribution in [0.4, 0.5) is 0 Å². The Morgan fingerprint density at radius 3 is 2.69 bits per heavy atom. The zero-order chi connectivity index (χ0) is 21.0. The Bertz CT molecular complexity index is 944. The van der Waals surface area contributed by atoms with Gasteiger partial charge in [-0.2, -0.15) is 5.10 Å². The van der Waals surface area contributed by atoms with Crippen molar-refractivity contribution in [2.75, 3.05) is 6.54 Å². The number of hydrogen-bond acceptors (Lipinski definition) is 5. The van der Waals surface area contributed by atoms with Crippen LogP contribution in [0.3, 0.4) is 0 Å². The Balaban J connectivity index is 1.78. The number of rotatable bonds is 6. The maximum Gasteiger partial charge on any atom is 0.287 e. The molecule has 7 nitrogen and oxygen atoms in total. The van der Waals surface area contributed by atoms with Gasteiger partial charge < -0.3 is 14.8 Å². The summed E-state index contributed by atoms with van der Waals surface area (Å²) in [5, 5.41) is 17.0. The highest BCUT2D eigenvalue weighted by Gasteiger charge is 2.28. The van der Waals surface area contributed by atoms with Crippen LogP contribution in [0.15, 0.2) is 33.8 Å². The molecule has 7 heteroatoms. The number of phenols is 1. The number of aromatic hydroxyl groups is 1. The third-order valence-corrected chi connectivity index (χ3v) is 4.98. The SMILES string of the molecule is Cc1c(C(=O)NCCC(C)C)oc2c1/C(=N/NC(=O)c1ccccc1O)CCC2. The predicted octanol–water partition coefficient (Wildman–Crippen LogP) is 3.54. The molecule has 154 valence electrons. The summed E-state index contributed by atoms with van der Waals surface area (Å²) in [4.78, 5) is 24.8. The molecule has 0 bridgehead atoms. The van der Waals surface area contributed by atoms with E-state index < -0.39 is 5.91 Å². The van der Waals surface area contributed by atoms with Crippen molar-refractivity contribution in [3.05, 3.63) is 52.5 Å². The fourth-order valence-corrected chi connectivity index (χ4v) is 3.40. The second-order valence-corrected chi connectivity index (χ2v) is 7.66. The van der Waals surface area contributed by atoms with Crippen LogP contribution in [0.2, 0.25) is 0 Å². The molecule has 29 heavy (non-hydrogen) atoms. The van der Waals surface area contributed by atoms with Crippen LogP contribution < -0.4 is 10.7 Å². The van der Waals surface area contributed by atoms with Gasteiger partial charge in [0.2, 0.25) is 0 Å². The van der Waals surface area contributed by atoms with E-state index in [-0.39, 0.29) is 17.2 Å². The summed E-state index contributed by atoms with van der Waals surface area (Å²) in [7, 11) is 0. The van der Waals surface area contributed by atoms with Gasteiger partial charge in [-0.25, -0.2) is 5.43 Å². The number of carbonyl (C=O) groups is 2. The van der Waals surface area contributed by atoms with Gasteiger partial charge in [-0.3, -0.25) is 9.59 Å². The molecule has 1 aromatic heterocycles. The average molecular weight is 397 g/mol. The molecule has 1 aliphatic carbocycles. The standard InChI is InChI=1S/C22H27N3O4/c1-13(2)11-12-23-22(28)20-14(3)19-16(8-6-10-18(19)29-20)24-25-21(27)15-7-4-5-9-17(15)26/h4-5,7,9,13,26H,6,8,10-12H2,1-3H3,(H,23,28)(H,25,27)/b24-16+. The van der Waals surface area contributed by atoms with Crippen LogP contribution in [-0.2, 0) is 6.42 Å². The topological polar surface area (TPSA) is 104 Å². The summed E-state index contributed by atoms with van der Waals surface area (Å²) in [5.74, 6) is 0.714. The number of para-hydroxylation sites is 1. The van der Waals surface area contributed by atoms with E-state index in [0.717, 1.165) is 36.1 Å². The quantitative estimate of drug-likeness (QED) is 0.649. The zero-order valence-electron chi connectivity index (χ0n) is 17.0. The van der Waals surface area contributed by atoms with Crippen molar-refractivity contribution in [3.63, 3.8) is 0 Å². The van der Waals surface area contributed by atoms with Gasteiger partial charge in [-0.05, 0) is 44.2 Å². The van der Waals surface area contributed by atoms with Crippen molar-refractivity contribution in [2.24, 2.45) is 11.0 Å². The molecule has 2 aromatic rings. The minimum absolute atomic E-state index is 0.102. The molecule has 2 amide bonds. The fourth-order valence-electron chi connectivity index (χ4n) is 3.40. The number of benzene rings is 1. The molecule has 0 unspecified atom stereocenters. The Morgan fingerprint density at radius 2 is 1.97 bits per heavy atom. The normalized spacial score (nSPS) is 14.7. The van der Waals surface area contributed by atoms with Crippen molar-refractivity contribution in [1.29, 1.82) is 0 Å². The molecule has 0 fully saturated rings. The van der Waals surface area contributed by atoms with Gasteiger partial charge in [0.05, 0.1) is 11.3 Å². The minimum atomic E-state index is -0.490. The van der Waals surface area contributed by atoms with Gasteiger partial charge in [-0.15, -0.1) is 0 Å². The monoisotopic (exact) mass is 397 g/mol. The third kappa shape index (κ3) is 4.67. The first-order valence-electron chi connectivity index (χ1n) is 9.94. The molecule has 1 heterocycles. The lowest BCUT2D eigenvalue weighted by atomic mass is 9.93. The van der Waals surface area contributed by atoms with Crippen molar-refractivity contribution < 1.29 is 19.1 Å². The summed E-state index contributed by atoms with van der Waals surface area (Å²) in [6, 6.07) is 6.30. The fraction of sp³-hybridized carbons (Fsp3) is 0.409. The van der Waals surface area contributed by atoms with E-state index in [2.05, 4.69) is 29.7 Å². The summed E-state index contributed by atoms with van der Waals surface area (Å²) in [6.07, 6.45) is 3.11. The van der Waals surface area contributed by atoms with E-state index in [4.69, 9.17) is 4.42 Å². The number of hydrazone groups is 1. The summed E-state index contributed by atoms with van der Waals surface area (Å²) < 4.78 is 5.85. The molecular weight excluding hydrogens is 370 g/mol. The average Bonchev–Trinajstić information content (AvgIpc) is 3.03. The molecule has 0 radical (unpaired) electrons. The number of carbonyl (C=O) groups excluding carboxylic acids is 2. The minimum Gasteiger partial charge on any atom is -0.507 e. The zero-order valence-corrected chi connectivity index (χ0v) is 17.0. The highest BCUT2D eigenvalue weighted by atomic mass is 16.4. The van der Waals surface area contributed by atoms with E-state index in [1.807, 2.05) is 6.92 Å². The van der Waals surface area contributed by atoms with Crippen molar-refractivity contribution in [1.82, 2.24) is 10.7 Å². The van der Waals surface area contributed by atoms with Crippen LogP contribution >= 0.6 is 0 Å². The first-order chi connectivity index (χ1) is 13.9. The van der Waals surface area contributed by atoms with E-state index in [9.17, 15) is 14.7 Å². The largest absolute Gasteiger partial charge is 0.507 e. The second-order valence-electron chi connectivity index (χ2n) is 7.66. The molecule has 0 atom stereocenters. The predicted molar refractivity (Wildman–Crippen MR) is 110 cm³/mol. The number of nitrogens with zero attached hydrogens (tertiary/aromatic N) is 1. The van der Waals surface area contributed by atoms with Gasteiger partial charge in [0.25, 0.3) is 11.8 Å². The van der Waals surface area contributed by atoms with Crippen LogP contribution in [0.1, 0.15) is 70.9 Å². The van der Waals surface area contributed by atoms with Crippen molar-refractivity contribution in [3.8, 4) is 5.75 Å². The maximum atomic E-state index is 12.5. The Morgan fingerprint density at radius 1 is 1.21 bits per heavy atom. The Labute approximate surface area is 170 Å². The summed E-state index contributed by atoms with van der Waals surface area (Å²) in [5.41, 5.74) is 4.87. The van der Waals surface area contributed by atoms with Crippen molar-refractivity contribution >= 4 is 17.5 Å². The number of furan rings is 1. The van der Waals surface area contributed by atoms with Gasteiger partial charge in [0, 0.05) is 24.1 Å². The Kier molecular flexibility index (Phi) is 6.36. The molecule has 0 spiro atoms. The van der Waals surface area contributed by atoms with Crippen LogP contribution in [-0.4, -0.2) is 29.2 Å². The van der Waals surface area contributed by atoms with E-state index >= 15 is 0 Å². The number of phenolic OH excluding ortho intramolecular Hbond substituents is 1. The highest BCUT2D eigenvalue weighted by Crippen LogP contribution is 2.30. The van der Waals surface area contributed by atoms with Crippen molar-refractivity contribution in [2.45, 2.75) is 46.5 Å². The van der Waals surface area contributed by atoms with Gasteiger partial charge in [0.1, 0.15) is 11.5 Å². The maximum absolute atomic E-state index is 12.5. The number of fused-ring (bicyclic) bond motifs is 1. The van der Waals surface area contributed by atoms with Gasteiger partial charge in [0.15, 0.2) is 5.76 Å². The third-order valence-electron chi connectivity index (χ3n) is 4.98. The lowest BCUT2D eigenvalue weighted by Gasteiger charge is -2.13. The molecular formula is C22H27N3O4. The van der Waals surface area contributed by atoms with E-state index in [1.54, 1.807) is 12.1 Å². The van der Waals surface area contributed by atoms with E-state index in [0.29, 0.717) is 30.4 Å². The summed E-state index contributed by atoms with van der Waals surface area (Å²) >= 11 is 0. The lowest BCUT2D eigenvalue weighted by molar-refractivity contribution is 0.0919. The smallest absolute Gasteiger partial charge is 0.287 e. The number of aryl methyl sites for hydroxylation is 1. The number of nitrogens with one attached hydrogen (secondary N) is 2. The Hall–Kier alpha value is -3.09. The number of amides is 2. The van der Waals surface area contributed by atoms with Crippen LogP contribution in [0, 0.1) is 12.8 Å². The first-order valence-corrected chi connectivity index (χ1v) is 9.94. The number of hydrogen-bond donors (Lipinski definition) is 3. The first kappa shape index (κ1) is 20.6. The van der Waals surface area contributed by atoms with Gasteiger partial charge >= 0.3 is 0 Å². The molecule has 1 aliphatic rings. The highest BCUT2D eigenvalue weighted by molar-refractivity contribution is 6.07. The summed E-state index contributed by atoms with van der Waals surface area (Å²) in [6.45, 7) is 6.65. The molecule has 0 saturated heterocycles. The molecule has 1 aromatic carbocycles. The van der Waals surface area contributed by atoms with Crippen LogP contribution in [0.25, 0.3) is 0 Å². The second kappa shape index (κ2) is 8.94.